The number of carbonyl (C=O) groups excluding carboxylic acids is 1. The van der Waals surface area contributed by atoms with Crippen molar-refractivity contribution in [2.24, 2.45) is 7.05 Å². The van der Waals surface area contributed by atoms with E-state index in [1.807, 2.05) is 13.0 Å². The topological polar surface area (TPSA) is 64.2 Å². The Labute approximate surface area is 127 Å². The van der Waals surface area contributed by atoms with Crippen molar-refractivity contribution in [2.75, 3.05) is 6.54 Å². The van der Waals surface area contributed by atoms with E-state index >= 15 is 0 Å². The van der Waals surface area contributed by atoms with Crippen LogP contribution in [0.15, 0.2) is 16.8 Å². The van der Waals surface area contributed by atoms with Crippen LogP contribution < -0.4 is 0 Å². The summed E-state index contributed by atoms with van der Waals surface area (Å²) in [6.45, 7) is 2.71. The van der Waals surface area contributed by atoms with E-state index in [0.29, 0.717) is 17.3 Å². The van der Waals surface area contributed by atoms with Gasteiger partial charge in [-0.2, -0.15) is 5.10 Å². The maximum atomic E-state index is 12.7. The minimum Gasteiger partial charge on any atom is -0.359 e. The van der Waals surface area contributed by atoms with E-state index in [-0.39, 0.29) is 11.9 Å². The van der Waals surface area contributed by atoms with Gasteiger partial charge in [-0.15, -0.1) is 0 Å². The Hall–Kier alpha value is -1.82. The molecule has 1 aliphatic heterocycles. The fraction of sp³-hybridized carbons (Fsp3) is 0.500. The second kappa shape index (κ2) is 5.52. The van der Waals surface area contributed by atoms with Crippen LogP contribution in [0.4, 0.5) is 0 Å². The van der Waals surface area contributed by atoms with Gasteiger partial charge in [0.25, 0.3) is 5.91 Å². The van der Waals surface area contributed by atoms with Crippen molar-refractivity contribution in [1.29, 1.82) is 0 Å². The van der Waals surface area contributed by atoms with Crippen molar-refractivity contribution in [1.82, 2.24) is 19.8 Å². The Morgan fingerprint density at radius 3 is 3.00 bits per heavy atom. The number of carbonyl (C=O) groups is 1. The zero-order valence-corrected chi connectivity index (χ0v) is 12.8. The lowest BCUT2D eigenvalue weighted by molar-refractivity contribution is 0.0703. The van der Waals surface area contributed by atoms with Crippen LogP contribution >= 0.6 is 11.6 Å². The van der Waals surface area contributed by atoms with Gasteiger partial charge in [0.1, 0.15) is 5.69 Å². The fourth-order valence-electron chi connectivity index (χ4n) is 2.74. The molecule has 3 heterocycles. The molecule has 0 saturated carbocycles. The summed E-state index contributed by atoms with van der Waals surface area (Å²) in [5.41, 5.74) is 1.32. The molecule has 1 atom stereocenters. The lowest BCUT2D eigenvalue weighted by Crippen LogP contribution is -2.32. The molecule has 112 valence electrons. The number of halogens is 1. The van der Waals surface area contributed by atoms with E-state index in [1.54, 1.807) is 11.9 Å². The number of hydrogen-bond donors (Lipinski definition) is 0. The number of rotatable bonds is 3. The summed E-state index contributed by atoms with van der Waals surface area (Å²) in [6.07, 6.45) is 4.12. The van der Waals surface area contributed by atoms with Crippen molar-refractivity contribution in [3.63, 3.8) is 0 Å². The molecule has 3 rings (SSSR count). The van der Waals surface area contributed by atoms with Crippen molar-refractivity contribution in [3.8, 4) is 0 Å². The van der Waals surface area contributed by atoms with Gasteiger partial charge in [0.05, 0.1) is 23.0 Å². The van der Waals surface area contributed by atoms with Gasteiger partial charge < -0.3 is 9.42 Å². The number of likely N-dealkylation sites (tertiary alicyclic amines) is 1. The molecule has 2 aromatic rings. The van der Waals surface area contributed by atoms with Crippen molar-refractivity contribution in [2.45, 2.75) is 32.2 Å². The first-order valence-electron chi connectivity index (χ1n) is 7.05. The van der Waals surface area contributed by atoms with Crippen molar-refractivity contribution >= 4 is 17.5 Å². The number of hydrogen-bond acceptors (Lipinski definition) is 4. The molecule has 21 heavy (non-hydrogen) atoms. The second-order valence-electron chi connectivity index (χ2n) is 5.20. The molecule has 2 aromatic heterocycles. The third-order valence-electron chi connectivity index (χ3n) is 3.88. The van der Waals surface area contributed by atoms with Crippen molar-refractivity contribution in [3.05, 3.63) is 34.4 Å². The highest BCUT2D eigenvalue weighted by atomic mass is 35.5. The number of nitrogens with zero attached hydrogens (tertiary/aromatic N) is 4. The first kappa shape index (κ1) is 14.1. The van der Waals surface area contributed by atoms with Crippen LogP contribution in [0.2, 0.25) is 5.02 Å². The summed E-state index contributed by atoms with van der Waals surface area (Å²) < 4.78 is 6.91. The normalized spacial score (nSPS) is 18.4. The van der Waals surface area contributed by atoms with Gasteiger partial charge in [0.15, 0.2) is 5.76 Å². The minimum absolute atomic E-state index is 0.0729. The quantitative estimate of drug-likeness (QED) is 0.874. The zero-order chi connectivity index (χ0) is 15.0. The Bertz CT molecular complexity index is 644. The third-order valence-corrected chi connectivity index (χ3v) is 4.15. The molecular formula is C14H17ClN4O2. The highest BCUT2D eigenvalue weighted by Crippen LogP contribution is 2.34. The average molecular weight is 309 g/mol. The number of aryl methyl sites for hydroxylation is 2. The van der Waals surface area contributed by atoms with Gasteiger partial charge >= 0.3 is 0 Å². The lowest BCUT2D eigenvalue weighted by atomic mass is 10.1. The lowest BCUT2D eigenvalue weighted by Gasteiger charge is -2.22. The van der Waals surface area contributed by atoms with Crippen molar-refractivity contribution < 1.29 is 9.32 Å². The monoisotopic (exact) mass is 308 g/mol. The molecule has 1 saturated heterocycles. The van der Waals surface area contributed by atoms with Crippen LogP contribution in [0.3, 0.4) is 0 Å². The predicted molar refractivity (Wildman–Crippen MR) is 77.1 cm³/mol. The van der Waals surface area contributed by atoms with Gasteiger partial charge in [0.2, 0.25) is 0 Å². The van der Waals surface area contributed by atoms with Crippen LogP contribution in [0.25, 0.3) is 0 Å². The molecular weight excluding hydrogens is 292 g/mol. The van der Waals surface area contributed by atoms with E-state index in [4.69, 9.17) is 16.1 Å². The molecule has 0 radical (unpaired) electrons. The molecule has 0 aliphatic carbocycles. The predicted octanol–water partition coefficient (Wildman–Crippen LogP) is 2.60. The molecule has 0 aromatic carbocycles. The molecule has 0 N–H and O–H groups in total. The van der Waals surface area contributed by atoms with Gasteiger partial charge in [0, 0.05) is 19.7 Å². The van der Waals surface area contributed by atoms with Gasteiger partial charge in [-0.1, -0.05) is 23.7 Å². The second-order valence-corrected chi connectivity index (χ2v) is 5.60. The smallest absolute Gasteiger partial charge is 0.274 e. The zero-order valence-electron chi connectivity index (χ0n) is 12.0. The molecule has 1 fully saturated rings. The highest BCUT2D eigenvalue weighted by Gasteiger charge is 2.35. The largest absolute Gasteiger partial charge is 0.359 e. The van der Waals surface area contributed by atoms with Gasteiger partial charge in [-0.3, -0.25) is 9.48 Å². The van der Waals surface area contributed by atoms with E-state index in [1.165, 1.54) is 10.9 Å². The summed E-state index contributed by atoms with van der Waals surface area (Å²) in [4.78, 5) is 14.5. The van der Waals surface area contributed by atoms with Gasteiger partial charge in [-0.05, 0) is 19.3 Å². The summed E-state index contributed by atoms with van der Waals surface area (Å²) in [5.74, 6) is 0.632. The Balaban J connectivity index is 1.88. The summed E-state index contributed by atoms with van der Waals surface area (Å²) >= 11 is 6.07. The van der Waals surface area contributed by atoms with Crippen LogP contribution in [0.1, 0.15) is 47.7 Å². The average Bonchev–Trinajstić information content (AvgIpc) is 3.17. The Morgan fingerprint density at radius 1 is 1.57 bits per heavy atom. The number of amides is 1. The minimum atomic E-state index is -0.114. The molecule has 0 unspecified atom stereocenters. The Kier molecular flexibility index (Phi) is 3.71. The molecule has 7 heteroatoms. The standard InChI is InChI=1S/C14H17ClN4O2/c1-3-9-7-12(21-17-9)11-5-4-6-19(11)14(20)13-10(15)8-16-18(13)2/h7-8,11H,3-6H2,1-2H3/t11-/m0/s1. The van der Waals surface area contributed by atoms with Crippen LogP contribution in [0.5, 0.6) is 0 Å². The molecule has 1 amide bonds. The van der Waals surface area contributed by atoms with Crippen LogP contribution in [0, 0.1) is 0 Å². The molecule has 1 aliphatic rings. The van der Waals surface area contributed by atoms with E-state index in [0.717, 1.165) is 30.7 Å². The van der Waals surface area contributed by atoms with E-state index in [2.05, 4.69) is 10.3 Å². The first-order chi connectivity index (χ1) is 10.1. The van der Waals surface area contributed by atoms with Crippen LogP contribution in [-0.2, 0) is 13.5 Å². The van der Waals surface area contributed by atoms with Gasteiger partial charge in [-0.25, -0.2) is 0 Å². The maximum Gasteiger partial charge on any atom is 0.274 e. The maximum absolute atomic E-state index is 12.7. The highest BCUT2D eigenvalue weighted by molar-refractivity contribution is 6.33. The molecule has 6 nitrogen and oxygen atoms in total. The van der Waals surface area contributed by atoms with E-state index in [9.17, 15) is 4.79 Å². The SMILES string of the molecule is CCc1cc([C@@H]2CCCN2C(=O)c2c(Cl)cnn2C)on1. The summed E-state index contributed by atoms with van der Waals surface area (Å²) in [5, 5.41) is 8.41. The van der Waals surface area contributed by atoms with Crippen LogP contribution in [-0.4, -0.2) is 32.3 Å². The summed E-state index contributed by atoms with van der Waals surface area (Å²) in [6, 6.07) is 1.86. The molecule has 0 spiro atoms. The Morgan fingerprint density at radius 2 is 2.38 bits per heavy atom. The van der Waals surface area contributed by atoms with E-state index < -0.39 is 0 Å². The molecule has 0 bridgehead atoms. The first-order valence-corrected chi connectivity index (χ1v) is 7.43. The third kappa shape index (κ3) is 2.44. The summed E-state index contributed by atoms with van der Waals surface area (Å²) in [7, 11) is 1.72. The fourth-order valence-corrected chi connectivity index (χ4v) is 2.99. The number of aromatic nitrogens is 3.